The van der Waals surface area contributed by atoms with Gasteiger partial charge >= 0.3 is 0 Å². The van der Waals surface area contributed by atoms with Crippen molar-refractivity contribution in [2.75, 3.05) is 6.54 Å². The third-order valence-electron chi connectivity index (χ3n) is 6.41. The molecule has 6 rings (SSSR count). The van der Waals surface area contributed by atoms with E-state index < -0.39 is 9.84 Å². The van der Waals surface area contributed by atoms with Gasteiger partial charge in [-0.05, 0) is 48.5 Å². The monoisotopic (exact) mass is 476 g/mol. The summed E-state index contributed by atoms with van der Waals surface area (Å²) in [5.74, 6) is -0.631. The minimum Gasteiger partial charge on any atom is -0.358 e. The van der Waals surface area contributed by atoms with Crippen molar-refractivity contribution in [3.05, 3.63) is 93.6 Å². The number of rotatable bonds is 1. The van der Waals surface area contributed by atoms with Crippen LogP contribution in [0, 0.1) is 0 Å². The predicted octanol–water partition coefficient (Wildman–Crippen LogP) is 4.40. The molecular weight excluding hydrogens is 460 g/mol. The summed E-state index contributed by atoms with van der Waals surface area (Å²) in [5, 5.41) is 1.60. The standard InChI is InChI=1S/C25H17ClN2O4S/c26-15-6-8-20-18(12-15)19-13-28(10-9-21(19)27-20)25(30)14-5-7-17-23(11-14)33(31,32)22-4-2-1-3-16(22)24(17)29/h1-8,11-12,27H,9-10,13H2. The van der Waals surface area contributed by atoms with E-state index in [9.17, 15) is 18.0 Å². The number of ketones is 1. The summed E-state index contributed by atoms with van der Waals surface area (Å²) in [5.41, 5.74) is 3.55. The fourth-order valence-corrected chi connectivity index (χ4v) is 6.61. The summed E-state index contributed by atoms with van der Waals surface area (Å²) in [4.78, 5) is 31.2. The third kappa shape index (κ3) is 2.96. The first-order valence-electron chi connectivity index (χ1n) is 10.5. The number of nitrogens with one attached hydrogen (secondary N) is 1. The summed E-state index contributed by atoms with van der Waals surface area (Å²) in [6.45, 7) is 0.887. The van der Waals surface area contributed by atoms with Crippen molar-refractivity contribution in [3.63, 3.8) is 0 Å². The first-order valence-corrected chi connectivity index (χ1v) is 12.3. The molecule has 0 atom stereocenters. The zero-order chi connectivity index (χ0) is 22.9. The van der Waals surface area contributed by atoms with Crippen molar-refractivity contribution in [1.82, 2.24) is 9.88 Å². The molecule has 0 saturated carbocycles. The van der Waals surface area contributed by atoms with E-state index in [4.69, 9.17) is 11.6 Å². The van der Waals surface area contributed by atoms with Crippen molar-refractivity contribution in [2.45, 2.75) is 22.8 Å². The molecule has 0 saturated heterocycles. The van der Waals surface area contributed by atoms with Gasteiger partial charge < -0.3 is 9.88 Å². The minimum atomic E-state index is -3.91. The highest BCUT2D eigenvalue weighted by atomic mass is 35.5. The van der Waals surface area contributed by atoms with Crippen LogP contribution in [0.3, 0.4) is 0 Å². The maximum absolute atomic E-state index is 13.4. The van der Waals surface area contributed by atoms with E-state index in [0.717, 1.165) is 22.2 Å². The first-order chi connectivity index (χ1) is 15.8. The van der Waals surface area contributed by atoms with Crippen LogP contribution < -0.4 is 0 Å². The van der Waals surface area contributed by atoms with Crippen molar-refractivity contribution in [2.24, 2.45) is 0 Å². The van der Waals surface area contributed by atoms with Gasteiger partial charge in [-0.15, -0.1) is 0 Å². The second kappa shape index (κ2) is 7.04. The number of aromatic amines is 1. The van der Waals surface area contributed by atoms with Crippen LogP contribution in [0.1, 0.15) is 37.5 Å². The molecule has 2 aliphatic heterocycles. The summed E-state index contributed by atoms with van der Waals surface area (Å²) < 4.78 is 26.4. The molecule has 4 aromatic rings. The molecule has 33 heavy (non-hydrogen) atoms. The van der Waals surface area contributed by atoms with Gasteiger partial charge in [0.1, 0.15) is 0 Å². The number of fused-ring (bicyclic) bond motifs is 5. The normalized spacial score (nSPS) is 16.3. The number of halogens is 1. The molecule has 0 bridgehead atoms. The van der Waals surface area contributed by atoms with Gasteiger partial charge in [-0.25, -0.2) is 8.42 Å². The molecule has 0 fully saturated rings. The van der Waals surface area contributed by atoms with Crippen LogP contribution in [0.15, 0.2) is 70.5 Å². The average Bonchev–Trinajstić information content (AvgIpc) is 3.19. The van der Waals surface area contributed by atoms with Gasteiger partial charge in [0, 0.05) is 63.4 Å². The number of aromatic nitrogens is 1. The number of hydrogen-bond acceptors (Lipinski definition) is 4. The molecule has 6 nitrogen and oxygen atoms in total. The van der Waals surface area contributed by atoms with Gasteiger partial charge in [0.25, 0.3) is 5.91 Å². The lowest BCUT2D eigenvalue weighted by molar-refractivity contribution is 0.0734. The number of nitrogens with zero attached hydrogens (tertiary/aromatic N) is 1. The Morgan fingerprint density at radius 2 is 1.76 bits per heavy atom. The highest BCUT2D eigenvalue weighted by Gasteiger charge is 2.35. The van der Waals surface area contributed by atoms with Crippen LogP contribution in [-0.4, -0.2) is 36.5 Å². The quantitative estimate of drug-likeness (QED) is 0.388. The SMILES string of the molecule is O=C1c2ccccc2S(=O)(=O)c2cc(C(=O)N3CCc4[nH]c5ccc(Cl)cc5c4C3)ccc21. The average molecular weight is 477 g/mol. The zero-order valence-corrected chi connectivity index (χ0v) is 18.8. The van der Waals surface area contributed by atoms with E-state index in [1.54, 1.807) is 17.0 Å². The lowest BCUT2D eigenvalue weighted by atomic mass is 10.00. The van der Waals surface area contributed by atoms with Crippen molar-refractivity contribution in [1.29, 1.82) is 0 Å². The fraction of sp³-hybridized carbons (Fsp3) is 0.120. The van der Waals surface area contributed by atoms with Gasteiger partial charge in [-0.2, -0.15) is 0 Å². The van der Waals surface area contributed by atoms with Crippen LogP contribution in [0.4, 0.5) is 0 Å². The number of amides is 1. The zero-order valence-electron chi connectivity index (χ0n) is 17.3. The Bertz CT molecular complexity index is 1620. The Balaban J connectivity index is 1.38. The van der Waals surface area contributed by atoms with Crippen molar-refractivity contribution >= 4 is 44.0 Å². The highest BCUT2D eigenvalue weighted by molar-refractivity contribution is 7.91. The number of carbonyl (C=O) groups excluding carboxylic acids is 2. The van der Waals surface area contributed by atoms with Crippen LogP contribution in [0.25, 0.3) is 10.9 Å². The highest BCUT2D eigenvalue weighted by Crippen LogP contribution is 2.35. The Morgan fingerprint density at radius 1 is 0.970 bits per heavy atom. The molecular formula is C25H17ClN2O4S. The molecule has 8 heteroatoms. The molecule has 1 N–H and O–H groups in total. The smallest absolute Gasteiger partial charge is 0.254 e. The van der Waals surface area contributed by atoms with Crippen LogP contribution >= 0.6 is 11.6 Å². The van der Waals surface area contributed by atoms with Gasteiger partial charge in [0.2, 0.25) is 9.84 Å². The molecule has 3 heterocycles. The third-order valence-corrected chi connectivity index (χ3v) is 8.50. The number of H-pyrrole nitrogens is 1. The molecule has 2 aliphatic rings. The number of hydrogen-bond donors (Lipinski definition) is 1. The maximum atomic E-state index is 13.4. The second-order valence-electron chi connectivity index (χ2n) is 8.29. The molecule has 0 aliphatic carbocycles. The predicted molar refractivity (Wildman–Crippen MR) is 124 cm³/mol. The molecule has 0 radical (unpaired) electrons. The molecule has 0 unspecified atom stereocenters. The Morgan fingerprint density at radius 3 is 2.61 bits per heavy atom. The molecule has 1 amide bonds. The molecule has 0 spiro atoms. The van der Waals surface area contributed by atoms with E-state index in [-0.39, 0.29) is 38.2 Å². The van der Waals surface area contributed by atoms with Gasteiger partial charge in [-0.1, -0.05) is 23.7 Å². The molecule has 164 valence electrons. The van der Waals surface area contributed by atoms with Crippen molar-refractivity contribution in [3.8, 4) is 0 Å². The fourth-order valence-electron chi connectivity index (χ4n) is 4.76. The van der Waals surface area contributed by atoms with E-state index in [2.05, 4.69) is 4.98 Å². The summed E-state index contributed by atoms with van der Waals surface area (Å²) in [7, 11) is -3.91. The lowest BCUT2D eigenvalue weighted by Crippen LogP contribution is -2.36. The maximum Gasteiger partial charge on any atom is 0.254 e. The molecule has 3 aromatic carbocycles. The van der Waals surface area contributed by atoms with Crippen LogP contribution in [-0.2, 0) is 22.8 Å². The largest absolute Gasteiger partial charge is 0.358 e. The number of carbonyl (C=O) groups is 2. The van der Waals surface area contributed by atoms with E-state index >= 15 is 0 Å². The van der Waals surface area contributed by atoms with Crippen LogP contribution in [0.2, 0.25) is 5.02 Å². The Kier molecular flexibility index (Phi) is 4.31. The van der Waals surface area contributed by atoms with Gasteiger partial charge in [0.15, 0.2) is 5.78 Å². The van der Waals surface area contributed by atoms with Crippen LogP contribution in [0.5, 0.6) is 0 Å². The minimum absolute atomic E-state index is 0.0228. The summed E-state index contributed by atoms with van der Waals surface area (Å²) in [6.07, 6.45) is 0.655. The number of sulfone groups is 1. The van der Waals surface area contributed by atoms with Gasteiger partial charge in [-0.3, -0.25) is 9.59 Å². The lowest BCUT2D eigenvalue weighted by Gasteiger charge is -2.28. The summed E-state index contributed by atoms with van der Waals surface area (Å²) >= 11 is 6.18. The Hall–Kier alpha value is -3.42. The van der Waals surface area contributed by atoms with E-state index in [1.165, 1.54) is 30.3 Å². The number of benzene rings is 3. The molecule has 1 aromatic heterocycles. The first kappa shape index (κ1) is 20.2. The second-order valence-corrected chi connectivity index (χ2v) is 10.6. The van der Waals surface area contributed by atoms with Crippen molar-refractivity contribution < 1.29 is 18.0 Å². The van der Waals surface area contributed by atoms with E-state index in [1.807, 2.05) is 18.2 Å². The van der Waals surface area contributed by atoms with E-state index in [0.29, 0.717) is 24.5 Å². The topological polar surface area (TPSA) is 87.3 Å². The summed E-state index contributed by atoms with van der Waals surface area (Å²) in [6, 6.07) is 16.1. The van der Waals surface area contributed by atoms with Gasteiger partial charge in [0.05, 0.1) is 9.79 Å². The Labute approximate surface area is 194 Å².